The van der Waals surface area contributed by atoms with E-state index in [-0.39, 0.29) is 35.3 Å². The third-order valence-electron chi connectivity index (χ3n) is 5.51. The van der Waals surface area contributed by atoms with Gasteiger partial charge in [-0.2, -0.15) is 10.4 Å². The minimum absolute atomic E-state index is 0.0687. The Morgan fingerprint density at radius 3 is 2.69 bits per heavy atom. The Balaban J connectivity index is 1.52. The van der Waals surface area contributed by atoms with Gasteiger partial charge >= 0.3 is 6.36 Å². The summed E-state index contributed by atoms with van der Waals surface area (Å²) in [7, 11) is 0. The van der Waals surface area contributed by atoms with Crippen LogP contribution < -0.4 is 10.2 Å². The molecule has 1 atom stereocenters. The van der Waals surface area contributed by atoms with Crippen molar-refractivity contribution in [1.29, 1.82) is 5.26 Å². The van der Waals surface area contributed by atoms with Gasteiger partial charge in [0.15, 0.2) is 0 Å². The summed E-state index contributed by atoms with van der Waals surface area (Å²) in [6.07, 6.45) is -3.21. The maximum absolute atomic E-state index is 13.4. The molecular formula is C24H20F3N5O3. The van der Waals surface area contributed by atoms with Crippen LogP contribution in [0.2, 0.25) is 0 Å². The van der Waals surface area contributed by atoms with Crippen molar-refractivity contribution < 1.29 is 27.5 Å². The SMILES string of the molecule is CC1Cn2ncc(NC(=O)c3cccc(C#N)c3)c2C(=O)N1c1ccc(CCOC(F)(F)F)cc1. The summed E-state index contributed by atoms with van der Waals surface area (Å²) in [6.45, 7) is 1.72. The highest BCUT2D eigenvalue weighted by Crippen LogP contribution is 2.29. The highest BCUT2D eigenvalue weighted by Gasteiger charge is 2.34. The molecular weight excluding hydrogens is 463 g/mol. The molecule has 8 nitrogen and oxygen atoms in total. The predicted octanol–water partition coefficient (Wildman–Crippen LogP) is 4.13. The zero-order valence-corrected chi connectivity index (χ0v) is 18.5. The first-order chi connectivity index (χ1) is 16.7. The molecule has 2 heterocycles. The number of amides is 2. The molecule has 0 fully saturated rings. The number of hydrogen-bond donors (Lipinski definition) is 1. The summed E-state index contributed by atoms with van der Waals surface area (Å²) in [5, 5.41) is 16.0. The van der Waals surface area contributed by atoms with Crippen LogP contribution in [0.5, 0.6) is 0 Å². The van der Waals surface area contributed by atoms with Crippen LogP contribution in [0.1, 0.15) is 38.9 Å². The Bertz CT molecular complexity index is 1290. The van der Waals surface area contributed by atoms with E-state index in [1.54, 1.807) is 47.4 Å². The zero-order valence-electron chi connectivity index (χ0n) is 18.5. The average Bonchev–Trinajstić information content (AvgIpc) is 3.21. The lowest BCUT2D eigenvalue weighted by Crippen LogP contribution is -2.47. The van der Waals surface area contributed by atoms with Gasteiger partial charge in [-0.3, -0.25) is 19.0 Å². The van der Waals surface area contributed by atoms with Crippen molar-refractivity contribution in [2.75, 3.05) is 16.8 Å². The molecule has 2 aromatic carbocycles. The fourth-order valence-corrected chi connectivity index (χ4v) is 3.89. The quantitative estimate of drug-likeness (QED) is 0.568. The number of nitriles is 1. The van der Waals surface area contributed by atoms with Crippen molar-refractivity contribution in [3.8, 4) is 6.07 Å². The monoisotopic (exact) mass is 483 g/mol. The molecule has 1 aliphatic rings. The number of nitrogens with one attached hydrogen (secondary N) is 1. The Labute approximate surface area is 198 Å². The Morgan fingerprint density at radius 1 is 1.26 bits per heavy atom. The number of carbonyl (C=O) groups is 2. The first-order valence-corrected chi connectivity index (χ1v) is 10.7. The Kier molecular flexibility index (Phi) is 6.57. The molecule has 0 aliphatic carbocycles. The van der Waals surface area contributed by atoms with E-state index in [2.05, 4.69) is 15.2 Å². The van der Waals surface area contributed by atoms with Crippen LogP contribution in [-0.2, 0) is 17.7 Å². The molecule has 1 aromatic heterocycles. The van der Waals surface area contributed by atoms with Crippen molar-refractivity contribution in [2.45, 2.75) is 32.3 Å². The summed E-state index contributed by atoms with van der Waals surface area (Å²) in [6, 6.07) is 14.5. The predicted molar refractivity (Wildman–Crippen MR) is 120 cm³/mol. The van der Waals surface area contributed by atoms with Crippen LogP contribution in [0.4, 0.5) is 24.5 Å². The van der Waals surface area contributed by atoms with Gasteiger partial charge in [0.2, 0.25) is 0 Å². The normalized spacial score (nSPS) is 15.5. The van der Waals surface area contributed by atoms with Crippen molar-refractivity contribution in [1.82, 2.24) is 9.78 Å². The minimum Gasteiger partial charge on any atom is -0.319 e. The van der Waals surface area contributed by atoms with Crippen LogP contribution in [0.3, 0.4) is 0 Å². The van der Waals surface area contributed by atoms with Crippen molar-refractivity contribution in [3.05, 3.63) is 77.1 Å². The number of anilines is 2. The molecule has 1 aliphatic heterocycles. The fourth-order valence-electron chi connectivity index (χ4n) is 3.89. The number of benzene rings is 2. The molecule has 0 saturated heterocycles. The number of hydrogen-bond acceptors (Lipinski definition) is 5. The third-order valence-corrected chi connectivity index (χ3v) is 5.51. The van der Waals surface area contributed by atoms with Gasteiger partial charge in [0.05, 0.1) is 42.7 Å². The van der Waals surface area contributed by atoms with Gasteiger partial charge in [0.25, 0.3) is 11.8 Å². The molecule has 4 rings (SSSR count). The first kappa shape index (κ1) is 24.0. The van der Waals surface area contributed by atoms with E-state index in [0.717, 1.165) is 0 Å². The molecule has 11 heteroatoms. The average molecular weight is 483 g/mol. The van der Waals surface area contributed by atoms with Gasteiger partial charge in [-0.05, 0) is 49.2 Å². The highest BCUT2D eigenvalue weighted by molar-refractivity contribution is 6.13. The van der Waals surface area contributed by atoms with E-state index < -0.39 is 18.9 Å². The smallest absolute Gasteiger partial charge is 0.319 e. The zero-order chi connectivity index (χ0) is 25.2. The summed E-state index contributed by atoms with van der Waals surface area (Å²) in [5.74, 6) is -0.864. The van der Waals surface area contributed by atoms with E-state index >= 15 is 0 Å². The van der Waals surface area contributed by atoms with Gasteiger partial charge in [-0.25, -0.2) is 0 Å². The molecule has 1 unspecified atom stereocenters. The van der Waals surface area contributed by atoms with E-state index in [0.29, 0.717) is 23.4 Å². The van der Waals surface area contributed by atoms with E-state index in [9.17, 15) is 22.8 Å². The second kappa shape index (κ2) is 9.60. The maximum atomic E-state index is 13.4. The van der Waals surface area contributed by atoms with E-state index in [1.807, 2.05) is 13.0 Å². The molecule has 1 N–H and O–H groups in total. The van der Waals surface area contributed by atoms with Gasteiger partial charge in [0.1, 0.15) is 5.69 Å². The topological polar surface area (TPSA) is 100 Å². The lowest BCUT2D eigenvalue weighted by atomic mass is 10.1. The number of alkyl halides is 3. The summed E-state index contributed by atoms with van der Waals surface area (Å²) >= 11 is 0. The summed E-state index contributed by atoms with van der Waals surface area (Å²) in [4.78, 5) is 27.7. The van der Waals surface area contributed by atoms with E-state index in [4.69, 9.17) is 5.26 Å². The number of fused-ring (bicyclic) bond motifs is 1. The largest absolute Gasteiger partial charge is 0.522 e. The molecule has 3 aromatic rings. The standard InChI is InChI=1S/C24H20F3N5O3/c1-15-14-31-21(20(13-29-31)30-22(33)18-4-2-3-17(11-18)12-28)23(34)32(15)19-7-5-16(6-8-19)9-10-35-24(25,26)27/h2-8,11,13,15H,9-10,14H2,1H3,(H,30,33). The fraction of sp³-hybridized carbons (Fsp3) is 0.250. The van der Waals surface area contributed by atoms with Crippen molar-refractivity contribution in [2.24, 2.45) is 0 Å². The number of ether oxygens (including phenoxy) is 1. The third kappa shape index (κ3) is 5.33. The van der Waals surface area contributed by atoms with Crippen LogP contribution in [0, 0.1) is 11.3 Å². The van der Waals surface area contributed by atoms with Crippen LogP contribution >= 0.6 is 0 Å². The van der Waals surface area contributed by atoms with Crippen LogP contribution in [-0.4, -0.2) is 40.6 Å². The molecule has 0 spiro atoms. The molecule has 0 radical (unpaired) electrons. The molecule has 35 heavy (non-hydrogen) atoms. The summed E-state index contributed by atoms with van der Waals surface area (Å²) in [5.41, 5.74) is 2.24. The first-order valence-electron chi connectivity index (χ1n) is 10.7. The number of halogens is 3. The molecule has 180 valence electrons. The highest BCUT2D eigenvalue weighted by atomic mass is 19.4. The number of rotatable bonds is 6. The number of aromatic nitrogens is 2. The number of nitrogens with zero attached hydrogens (tertiary/aromatic N) is 4. The van der Waals surface area contributed by atoms with Crippen molar-refractivity contribution in [3.63, 3.8) is 0 Å². The van der Waals surface area contributed by atoms with Crippen LogP contribution in [0.15, 0.2) is 54.7 Å². The molecule has 2 amide bonds. The lowest BCUT2D eigenvalue weighted by molar-refractivity contribution is -0.324. The molecule has 0 bridgehead atoms. The van der Waals surface area contributed by atoms with Gasteiger partial charge in [-0.15, -0.1) is 13.2 Å². The van der Waals surface area contributed by atoms with E-state index in [1.165, 1.54) is 16.9 Å². The molecule has 0 saturated carbocycles. The van der Waals surface area contributed by atoms with Gasteiger partial charge < -0.3 is 10.2 Å². The number of carbonyl (C=O) groups excluding carboxylic acids is 2. The summed E-state index contributed by atoms with van der Waals surface area (Å²) < 4.78 is 41.9. The maximum Gasteiger partial charge on any atom is 0.522 e. The second-order valence-electron chi connectivity index (χ2n) is 7.97. The van der Waals surface area contributed by atoms with Gasteiger partial charge in [-0.1, -0.05) is 18.2 Å². The van der Waals surface area contributed by atoms with Crippen LogP contribution in [0.25, 0.3) is 0 Å². The van der Waals surface area contributed by atoms with Gasteiger partial charge in [0, 0.05) is 11.3 Å². The Hall–Kier alpha value is -4.17. The minimum atomic E-state index is -4.68. The van der Waals surface area contributed by atoms with Crippen molar-refractivity contribution >= 4 is 23.2 Å². The second-order valence-corrected chi connectivity index (χ2v) is 7.97. The Morgan fingerprint density at radius 2 is 2.00 bits per heavy atom. The lowest BCUT2D eigenvalue weighted by Gasteiger charge is -2.34.